The van der Waals surface area contributed by atoms with E-state index in [0.29, 0.717) is 5.57 Å². The van der Waals surface area contributed by atoms with Gasteiger partial charge in [-0.1, -0.05) is 26.8 Å². The highest BCUT2D eigenvalue weighted by molar-refractivity contribution is 5.53. The van der Waals surface area contributed by atoms with E-state index in [9.17, 15) is 0 Å². The van der Waals surface area contributed by atoms with Crippen molar-refractivity contribution >= 4 is 0 Å². The first kappa shape index (κ1) is 10.5. The van der Waals surface area contributed by atoms with Crippen LogP contribution in [0.1, 0.15) is 33.6 Å². The second-order valence-corrected chi connectivity index (χ2v) is 4.48. The Morgan fingerprint density at radius 2 is 1.86 bits per heavy atom. The molecule has 0 spiro atoms. The molecule has 1 rings (SSSR count). The first-order valence-electron chi connectivity index (χ1n) is 4.75. The fourth-order valence-corrected chi connectivity index (χ4v) is 1.82. The van der Waals surface area contributed by atoms with Crippen LogP contribution in [0.4, 0.5) is 0 Å². The Labute approximate surface area is 85.2 Å². The Morgan fingerprint density at radius 1 is 1.21 bits per heavy atom. The van der Waals surface area contributed by atoms with Crippen molar-refractivity contribution in [3.63, 3.8) is 0 Å². The molecule has 2 nitrogen and oxygen atoms in total. The van der Waals surface area contributed by atoms with Gasteiger partial charge in [0.25, 0.3) is 0 Å². The van der Waals surface area contributed by atoms with Crippen LogP contribution in [0, 0.1) is 28.1 Å². The summed E-state index contributed by atoms with van der Waals surface area (Å²) in [6, 6.07) is 4.39. The van der Waals surface area contributed by atoms with Crippen molar-refractivity contribution in [1.82, 2.24) is 0 Å². The lowest BCUT2D eigenvalue weighted by Crippen LogP contribution is -2.15. The zero-order valence-corrected chi connectivity index (χ0v) is 8.89. The van der Waals surface area contributed by atoms with Crippen molar-refractivity contribution in [3.05, 3.63) is 22.8 Å². The molecule has 0 amide bonds. The van der Waals surface area contributed by atoms with Gasteiger partial charge in [0.05, 0.1) is 17.7 Å². The monoisotopic (exact) mass is 186 g/mol. The van der Waals surface area contributed by atoms with Crippen LogP contribution in [0.5, 0.6) is 0 Å². The van der Waals surface area contributed by atoms with Crippen LogP contribution in [0.15, 0.2) is 22.8 Å². The molecule has 2 heteroatoms. The zero-order chi connectivity index (χ0) is 10.8. The lowest BCUT2D eigenvalue weighted by atomic mass is 9.76. The number of rotatable bonds is 0. The molecule has 0 aliphatic heterocycles. The second kappa shape index (κ2) is 3.68. The summed E-state index contributed by atoms with van der Waals surface area (Å²) in [5.41, 5.74) is 2.26. The number of hydrogen-bond acceptors (Lipinski definition) is 2. The third-order valence-electron chi connectivity index (χ3n) is 2.32. The molecule has 0 fully saturated rings. The number of hydrogen-bond donors (Lipinski definition) is 0. The Balaban J connectivity index is 3.31. The van der Waals surface area contributed by atoms with Crippen LogP contribution in [-0.4, -0.2) is 0 Å². The Hall–Kier alpha value is -1.54. The van der Waals surface area contributed by atoms with E-state index in [1.54, 1.807) is 0 Å². The van der Waals surface area contributed by atoms with Gasteiger partial charge < -0.3 is 0 Å². The highest BCUT2D eigenvalue weighted by atomic mass is 14.3. The molecule has 0 atom stereocenters. The van der Waals surface area contributed by atoms with Crippen LogP contribution in [0.3, 0.4) is 0 Å². The van der Waals surface area contributed by atoms with Gasteiger partial charge in [-0.25, -0.2) is 0 Å². The maximum Gasteiger partial charge on any atom is 0.0991 e. The summed E-state index contributed by atoms with van der Waals surface area (Å²) in [5, 5.41) is 18.0. The quantitative estimate of drug-likeness (QED) is 0.583. The fourth-order valence-electron chi connectivity index (χ4n) is 1.82. The minimum absolute atomic E-state index is 0.118. The fraction of sp³-hybridized carbons (Fsp3) is 0.500. The van der Waals surface area contributed by atoms with E-state index in [4.69, 9.17) is 10.5 Å². The van der Waals surface area contributed by atoms with Gasteiger partial charge in [-0.15, -0.1) is 0 Å². The summed E-state index contributed by atoms with van der Waals surface area (Å²) in [6.07, 6.45) is 3.51. The molecule has 0 N–H and O–H groups in total. The minimum atomic E-state index is -0.118. The Morgan fingerprint density at radius 3 is 2.29 bits per heavy atom. The van der Waals surface area contributed by atoms with Gasteiger partial charge in [0.1, 0.15) is 0 Å². The minimum Gasteiger partial charge on any atom is -0.193 e. The Bertz CT molecular complexity index is 378. The first-order valence-corrected chi connectivity index (χ1v) is 4.75. The molecule has 0 aromatic rings. The molecule has 0 bridgehead atoms. The van der Waals surface area contributed by atoms with E-state index < -0.39 is 0 Å². The molecule has 1 aliphatic rings. The van der Waals surface area contributed by atoms with Crippen molar-refractivity contribution < 1.29 is 0 Å². The maximum absolute atomic E-state index is 8.99. The van der Waals surface area contributed by atoms with Crippen molar-refractivity contribution in [2.75, 3.05) is 0 Å². The van der Waals surface area contributed by atoms with E-state index in [-0.39, 0.29) is 5.41 Å². The Kier molecular flexibility index (Phi) is 2.77. The summed E-state index contributed by atoms with van der Waals surface area (Å²) in [7, 11) is 0. The predicted molar refractivity (Wildman–Crippen MR) is 55.0 cm³/mol. The van der Waals surface area contributed by atoms with Crippen LogP contribution in [0.25, 0.3) is 0 Å². The molecule has 0 heterocycles. The molecule has 0 saturated carbocycles. The van der Waals surface area contributed by atoms with Crippen molar-refractivity contribution in [2.24, 2.45) is 5.41 Å². The second-order valence-electron chi connectivity index (χ2n) is 4.48. The first-order chi connectivity index (χ1) is 6.50. The molecule has 0 aromatic carbocycles. The van der Waals surface area contributed by atoms with E-state index in [0.717, 1.165) is 24.0 Å². The van der Waals surface area contributed by atoms with Crippen molar-refractivity contribution in [2.45, 2.75) is 33.6 Å². The summed E-state index contributed by atoms with van der Waals surface area (Å²) in [5.74, 6) is 0. The molecular formula is C12H14N2. The van der Waals surface area contributed by atoms with Crippen LogP contribution < -0.4 is 0 Å². The van der Waals surface area contributed by atoms with Crippen molar-refractivity contribution in [1.29, 1.82) is 10.5 Å². The van der Waals surface area contributed by atoms with Gasteiger partial charge in [0.15, 0.2) is 0 Å². The molecular weight excluding hydrogens is 172 g/mol. The molecule has 0 radical (unpaired) electrons. The molecule has 0 saturated heterocycles. The molecule has 0 unspecified atom stereocenters. The summed E-state index contributed by atoms with van der Waals surface area (Å²) in [6.45, 7) is 6.11. The van der Waals surface area contributed by atoms with Gasteiger partial charge in [0, 0.05) is 5.57 Å². The van der Waals surface area contributed by atoms with E-state index in [2.05, 4.69) is 12.1 Å². The largest absolute Gasteiger partial charge is 0.193 e. The lowest BCUT2D eigenvalue weighted by Gasteiger charge is -2.26. The molecule has 72 valence electrons. The summed E-state index contributed by atoms with van der Waals surface area (Å²) in [4.78, 5) is 0. The average Bonchev–Trinajstić information content (AvgIpc) is 2.15. The van der Waals surface area contributed by atoms with Crippen LogP contribution in [0.2, 0.25) is 0 Å². The molecule has 14 heavy (non-hydrogen) atoms. The van der Waals surface area contributed by atoms with Crippen LogP contribution >= 0.6 is 0 Å². The maximum atomic E-state index is 8.99. The SMILES string of the molecule is CC(C)(C)C1=C(C#N)CCC=C1C#N. The third kappa shape index (κ3) is 1.86. The molecule has 0 aromatic heterocycles. The van der Waals surface area contributed by atoms with Crippen molar-refractivity contribution in [3.8, 4) is 12.1 Å². The van der Waals surface area contributed by atoms with Gasteiger partial charge in [-0.2, -0.15) is 10.5 Å². The number of allylic oxidation sites excluding steroid dienone is 4. The molecule has 1 aliphatic carbocycles. The summed E-state index contributed by atoms with van der Waals surface area (Å²) >= 11 is 0. The lowest BCUT2D eigenvalue weighted by molar-refractivity contribution is 0.504. The predicted octanol–water partition coefficient (Wildman–Crippen LogP) is 3.10. The smallest absolute Gasteiger partial charge is 0.0991 e. The van der Waals surface area contributed by atoms with Crippen LogP contribution in [-0.2, 0) is 0 Å². The standard InChI is InChI=1S/C12H14N2/c1-12(2,3)11-9(7-13)5-4-6-10(11)8-14/h5H,4,6H2,1-3H3. The average molecular weight is 186 g/mol. The normalized spacial score (nSPS) is 17.1. The van der Waals surface area contributed by atoms with Gasteiger partial charge in [-0.3, -0.25) is 0 Å². The van der Waals surface area contributed by atoms with E-state index in [1.807, 2.05) is 26.8 Å². The van der Waals surface area contributed by atoms with Gasteiger partial charge >= 0.3 is 0 Å². The van der Waals surface area contributed by atoms with E-state index in [1.165, 1.54) is 0 Å². The van der Waals surface area contributed by atoms with E-state index >= 15 is 0 Å². The number of nitrogens with zero attached hydrogens (tertiary/aromatic N) is 2. The van der Waals surface area contributed by atoms with Gasteiger partial charge in [0.2, 0.25) is 0 Å². The number of nitriles is 2. The third-order valence-corrected chi connectivity index (χ3v) is 2.32. The zero-order valence-electron chi connectivity index (χ0n) is 8.89. The van der Waals surface area contributed by atoms with Gasteiger partial charge in [-0.05, 0) is 23.8 Å². The summed E-state index contributed by atoms with van der Waals surface area (Å²) < 4.78 is 0. The highest BCUT2D eigenvalue weighted by Gasteiger charge is 2.26. The highest BCUT2D eigenvalue weighted by Crippen LogP contribution is 2.37. The topological polar surface area (TPSA) is 47.6 Å².